The van der Waals surface area contributed by atoms with Gasteiger partial charge < -0.3 is 10.2 Å². The maximum Gasteiger partial charge on any atom is 0.253 e. The second kappa shape index (κ2) is 7.99. The summed E-state index contributed by atoms with van der Waals surface area (Å²) in [4.78, 5) is 15.3. The van der Waals surface area contributed by atoms with E-state index in [0.29, 0.717) is 15.6 Å². The van der Waals surface area contributed by atoms with Gasteiger partial charge in [0.1, 0.15) is 0 Å². The van der Waals surface area contributed by atoms with Crippen LogP contribution in [0.25, 0.3) is 0 Å². The van der Waals surface area contributed by atoms with Crippen molar-refractivity contribution in [3.63, 3.8) is 0 Å². The molecule has 0 aliphatic heterocycles. The summed E-state index contributed by atoms with van der Waals surface area (Å²) in [5.74, 6) is -0.173. The number of nitrogens with one attached hydrogen (secondary N) is 1. The zero-order valence-corrected chi connectivity index (χ0v) is 16.6. The molecule has 0 heterocycles. The number of amides is 1. The van der Waals surface area contributed by atoms with E-state index >= 15 is 0 Å². The fraction of sp³-hybridized carbons (Fsp3) is 0.381. The lowest BCUT2D eigenvalue weighted by Gasteiger charge is -2.44. The molecule has 1 N–H and O–H groups in total. The first kappa shape index (κ1) is 19.2. The van der Waals surface area contributed by atoms with E-state index < -0.39 is 0 Å². The predicted molar refractivity (Wildman–Crippen MR) is 108 cm³/mol. The first-order valence-electron chi connectivity index (χ1n) is 8.92. The molecule has 0 saturated heterocycles. The molecular weight excluding hydrogens is 367 g/mol. The Labute approximate surface area is 165 Å². The van der Waals surface area contributed by atoms with Crippen molar-refractivity contribution < 1.29 is 4.79 Å². The van der Waals surface area contributed by atoms with Crippen LogP contribution in [0.4, 0.5) is 0 Å². The van der Waals surface area contributed by atoms with Crippen LogP contribution in [0.2, 0.25) is 10.0 Å². The third kappa shape index (κ3) is 3.75. The van der Waals surface area contributed by atoms with Gasteiger partial charge in [-0.05, 0) is 50.7 Å². The van der Waals surface area contributed by atoms with Crippen molar-refractivity contribution in [3.8, 4) is 0 Å². The molecule has 26 heavy (non-hydrogen) atoms. The van der Waals surface area contributed by atoms with Gasteiger partial charge in [0.25, 0.3) is 5.91 Å². The molecule has 1 unspecified atom stereocenters. The maximum absolute atomic E-state index is 13.0. The number of carbonyl (C=O) groups excluding carboxylic acids is 1. The van der Waals surface area contributed by atoms with Crippen LogP contribution in [0.5, 0.6) is 0 Å². The van der Waals surface area contributed by atoms with Gasteiger partial charge in [-0.3, -0.25) is 4.79 Å². The van der Waals surface area contributed by atoms with Gasteiger partial charge in [-0.15, -0.1) is 0 Å². The number of halogens is 2. The number of nitrogens with zero attached hydrogens (tertiary/aromatic N) is 1. The molecule has 0 radical (unpaired) electrons. The van der Waals surface area contributed by atoms with Crippen molar-refractivity contribution in [3.05, 3.63) is 69.7 Å². The molecule has 1 amide bonds. The molecule has 0 spiro atoms. The Morgan fingerprint density at radius 3 is 2.31 bits per heavy atom. The van der Waals surface area contributed by atoms with Crippen LogP contribution in [0.15, 0.2) is 48.5 Å². The van der Waals surface area contributed by atoms with Crippen molar-refractivity contribution in [2.24, 2.45) is 0 Å². The predicted octanol–water partition coefficient (Wildman–Crippen LogP) is 5.34. The standard InChI is InChI=1S/C21H24Cl2N2O/c1-25(2)21(12-6-7-13-21)19(15-8-4-3-5-9-15)24-20(26)17-11-10-16(22)14-18(17)23/h3-5,8-11,14,19H,6-7,12-13H2,1-2H3,(H,24,26). The molecule has 0 aromatic heterocycles. The number of rotatable bonds is 5. The van der Waals surface area contributed by atoms with Crippen LogP contribution in [-0.2, 0) is 0 Å². The van der Waals surface area contributed by atoms with Gasteiger partial charge in [0.05, 0.1) is 16.6 Å². The molecule has 2 aromatic carbocycles. The summed E-state index contributed by atoms with van der Waals surface area (Å²) < 4.78 is 0. The van der Waals surface area contributed by atoms with Crippen LogP contribution in [0.3, 0.4) is 0 Å². The van der Waals surface area contributed by atoms with E-state index in [1.54, 1.807) is 18.2 Å². The van der Waals surface area contributed by atoms with Crippen LogP contribution in [0.1, 0.15) is 47.6 Å². The molecule has 138 valence electrons. The second-order valence-corrected chi connectivity index (χ2v) is 7.99. The molecule has 1 aliphatic carbocycles. The minimum atomic E-state index is -0.173. The molecule has 3 rings (SSSR count). The average molecular weight is 391 g/mol. The van der Waals surface area contributed by atoms with Crippen molar-refractivity contribution in [2.45, 2.75) is 37.3 Å². The fourth-order valence-electron chi connectivity index (χ4n) is 4.04. The average Bonchev–Trinajstić information content (AvgIpc) is 3.11. The van der Waals surface area contributed by atoms with Gasteiger partial charge >= 0.3 is 0 Å². The molecule has 3 nitrogen and oxygen atoms in total. The Kier molecular flexibility index (Phi) is 5.91. The highest BCUT2D eigenvalue weighted by Crippen LogP contribution is 2.43. The molecule has 0 bridgehead atoms. The van der Waals surface area contributed by atoms with E-state index in [1.165, 1.54) is 12.8 Å². The van der Waals surface area contributed by atoms with Crippen LogP contribution >= 0.6 is 23.2 Å². The summed E-state index contributed by atoms with van der Waals surface area (Å²) in [5, 5.41) is 4.15. The van der Waals surface area contributed by atoms with E-state index in [1.807, 2.05) is 18.2 Å². The number of hydrogen-bond donors (Lipinski definition) is 1. The van der Waals surface area contributed by atoms with Gasteiger partial charge in [-0.2, -0.15) is 0 Å². The first-order chi connectivity index (χ1) is 12.4. The maximum atomic E-state index is 13.0. The van der Waals surface area contributed by atoms with Crippen molar-refractivity contribution in [2.75, 3.05) is 14.1 Å². The Hall–Kier alpha value is -1.55. The third-order valence-electron chi connectivity index (χ3n) is 5.48. The highest BCUT2D eigenvalue weighted by Gasteiger charge is 2.44. The largest absolute Gasteiger partial charge is 0.343 e. The van der Waals surface area contributed by atoms with E-state index in [0.717, 1.165) is 18.4 Å². The van der Waals surface area contributed by atoms with Gasteiger partial charge in [0.2, 0.25) is 0 Å². The van der Waals surface area contributed by atoms with Crippen LogP contribution in [0, 0.1) is 0 Å². The zero-order chi connectivity index (χ0) is 18.7. The smallest absolute Gasteiger partial charge is 0.253 e. The van der Waals surface area contributed by atoms with E-state index in [-0.39, 0.29) is 17.5 Å². The van der Waals surface area contributed by atoms with Crippen molar-refractivity contribution in [1.29, 1.82) is 0 Å². The van der Waals surface area contributed by atoms with E-state index in [4.69, 9.17) is 23.2 Å². The second-order valence-electron chi connectivity index (χ2n) is 7.15. The fourth-order valence-corrected chi connectivity index (χ4v) is 4.53. The normalized spacial score (nSPS) is 17.3. The molecule has 1 atom stereocenters. The number of likely N-dealkylation sites (N-methyl/N-ethyl adjacent to an activating group) is 1. The summed E-state index contributed by atoms with van der Waals surface area (Å²) in [6, 6.07) is 15.1. The SMILES string of the molecule is CN(C)C1(C(NC(=O)c2ccc(Cl)cc2Cl)c2ccccc2)CCCC1. The summed E-state index contributed by atoms with van der Waals surface area (Å²) in [7, 11) is 4.20. The number of hydrogen-bond acceptors (Lipinski definition) is 2. The minimum Gasteiger partial charge on any atom is -0.343 e. The quantitative estimate of drug-likeness (QED) is 0.746. The Morgan fingerprint density at radius 2 is 1.73 bits per heavy atom. The zero-order valence-electron chi connectivity index (χ0n) is 15.1. The molecule has 5 heteroatoms. The first-order valence-corrected chi connectivity index (χ1v) is 9.68. The van der Waals surface area contributed by atoms with E-state index in [2.05, 4.69) is 36.4 Å². The topological polar surface area (TPSA) is 32.3 Å². The lowest BCUT2D eigenvalue weighted by Crippen LogP contribution is -2.53. The van der Waals surface area contributed by atoms with Crippen molar-refractivity contribution in [1.82, 2.24) is 10.2 Å². The van der Waals surface area contributed by atoms with Gasteiger partial charge in [0.15, 0.2) is 0 Å². The Balaban J connectivity index is 1.97. The van der Waals surface area contributed by atoms with Crippen LogP contribution < -0.4 is 5.32 Å². The lowest BCUT2D eigenvalue weighted by molar-refractivity contribution is 0.0766. The van der Waals surface area contributed by atoms with Crippen LogP contribution in [-0.4, -0.2) is 30.4 Å². The summed E-state index contributed by atoms with van der Waals surface area (Å²) in [5.41, 5.74) is 1.46. The number of benzene rings is 2. The summed E-state index contributed by atoms with van der Waals surface area (Å²) in [6.07, 6.45) is 4.43. The molecule has 1 aliphatic rings. The highest BCUT2D eigenvalue weighted by atomic mass is 35.5. The summed E-state index contributed by atoms with van der Waals surface area (Å²) >= 11 is 12.2. The van der Waals surface area contributed by atoms with Gasteiger partial charge in [0, 0.05) is 10.6 Å². The van der Waals surface area contributed by atoms with Gasteiger partial charge in [-0.1, -0.05) is 66.4 Å². The molecular formula is C21H24Cl2N2O. The minimum absolute atomic E-state index is 0.101. The number of carbonyl (C=O) groups is 1. The Bertz CT molecular complexity index is 771. The monoisotopic (exact) mass is 390 g/mol. The lowest BCUT2D eigenvalue weighted by atomic mass is 9.82. The molecule has 1 saturated carbocycles. The third-order valence-corrected chi connectivity index (χ3v) is 6.03. The molecule has 2 aromatic rings. The van der Waals surface area contributed by atoms with Crippen molar-refractivity contribution >= 4 is 29.1 Å². The molecule has 1 fully saturated rings. The van der Waals surface area contributed by atoms with Gasteiger partial charge in [-0.25, -0.2) is 0 Å². The Morgan fingerprint density at radius 1 is 1.08 bits per heavy atom. The van der Waals surface area contributed by atoms with E-state index in [9.17, 15) is 4.79 Å². The highest BCUT2D eigenvalue weighted by molar-refractivity contribution is 6.36. The summed E-state index contributed by atoms with van der Waals surface area (Å²) in [6.45, 7) is 0.